The molecule has 0 bridgehead atoms. The Kier molecular flexibility index (Phi) is 4.82. The van der Waals surface area contributed by atoms with E-state index >= 15 is 0 Å². The van der Waals surface area contributed by atoms with Gasteiger partial charge < -0.3 is 5.32 Å². The molecule has 0 spiro atoms. The Labute approximate surface area is 169 Å². The van der Waals surface area contributed by atoms with E-state index in [1.807, 2.05) is 13.8 Å². The summed E-state index contributed by atoms with van der Waals surface area (Å²) in [7, 11) is 0. The largest absolute Gasteiger partial charge is 0.421 e. The molecular formula is C17H21F3N10. The van der Waals surface area contributed by atoms with Crippen LogP contribution in [0, 0.1) is 0 Å². The first-order valence-corrected chi connectivity index (χ1v) is 9.49. The van der Waals surface area contributed by atoms with E-state index in [0.717, 1.165) is 19.0 Å². The van der Waals surface area contributed by atoms with Crippen molar-refractivity contribution in [1.82, 2.24) is 39.7 Å². The number of halogens is 3. The molecule has 0 radical (unpaired) electrons. The molecule has 13 heteroatoms. The molecule has 30 heavy (non-hydrogen) atoms. The third kappa shape index (κ3) is 3.78. The summed E-state index contributed by atoms with van der Waals surface area (Å²) in [6.07, 6.45) is 1.21. The second-order valence-corrected chi connectivity index (χ2v) is 7.42. The second kappa shape index (κ2) is 7.22. The van der Waals surface area contributed by atoms with E-state index in [2.05, 4.69) is 40.9 Å². The fourth-order valence-electron chi connectivity index (χ4n) is 2.89. The number of nitrogens with one attached hydrogen (secondary N) is 2. The zero-order valence-corrected chi connectivity index (χ0v) is 16.6. The lowest BCUT2D eigenvalue weighted by atomic mass is 10.1. The molecule has 0 unspecified atom stereocenters. The Bertz CT molecular complexity index is 1020. The Morgan fingerprint density at radius 2 is 1.83 bits per heavy atom. The summed E-state index contributed by atoms with van der Waals surface area (Å²) < 4.78 is 41.3. The molecule has 3 aromatic rings. The molecule has 0 aromatic carbocycles. The van der Waals surface area contributed by atoms with E-state index in [1.54, 1.807) is 24.0 Å². The van der Waals surface area contributed by atoms with E-state index in [0.29, 0.717) is 11.8 Å². The van der Waals surface area contributed by atoms with Gasteiger partial charge in [0.15, 0.2) is 5.82 Å². The van der Waals surface area contributed by atoms with E-state index in [4.69, 9.17) is 0 Å². The Morgan fingerprint density at radius 1 is 1.13 bits per heavy atom. The van der Waals surface area contributed by atoms with Crippen LogP contribution >= 0.6 is 0 Å². The minimum absolute atomic E-state index is 0.00480. The zero-order valence-electron chi connectivity index (χ0n) is 16.6. The lowest BCUT2D eigenvalue weighted by molar-refractivity contribution is -0.137. The molecule has 160 valence electrons. The van der Waals surface area contributed by atoms with Gasteiger partial charge in [0.2, 0.25) is 11.9 Å². The van der Waals surface area contributed by atoms with E-state index in [9.17, 15) is 13.2 Å². The molecule has 10 nitrogen and oxygen atoms in total. The first-order chi connectivity index (χ1) is 14.2. The van der Waals surface area contributed by atoms with Crippen LogP contribution in [0.15, 0.2) is 18.6 Å². The average molecular weight is 422 g/mol. The summed E-state index contributed by atoms with van der Waals surface area (Å²) in [6.45, 7) is 5.73. The number of nitrogens with zero attached hydrogens (tertiary/aromatic N) is 8. The molecule has 2 N–H and O–H groups in total. The molecule has 1 fully saturated rings. The van der Waals surface area contributed by atoms with Gasteiger partial charge in [0.1, 0.15) is 16.9 Å². The summed E-state index contributed by atoms with van der Waals surface area (Å²) in [5, 5.41) is 18.5. The lowest BCUT2D eigenvalue weighted by Gasteiger charge is -2.19. The van der Waals surface area contributed by atoms with Crippen molar-refractivity contribution in [3.63, 3.8) is 0 Å². The van der Waals surface area contributed by atoms with Crippen molar-refractivity contribution in [2.75, 3.05) is 17.2 Å². The van der Waals surface area contributed by atoms with Crippen LogP contribution in [0.4, 0.5) is 30.9 Å². The fourth-order valence-corrected chi connectivity index (χ4v) is 2.89. The first kappa shape index (κ1) is 20.0. The number of rotatable bonds is 7. The summed E-state index contributed by atoms with van der Waals surface area (Å²) >= 11 is 0. The number of alkyl halides is 3. The summed E-state index contributed by atoms with van der Waals surface area (Å²) in [5.74, 6) is 0.526. The van der Waals surface area contributed by atoms with Crippen molar-refractivity contribution < 1.29 is 13.2 Å². The van der Waals surface area contributed by atoms with Crippen LogP contribution < -0.4 is 10.6 Å². The Balaban J connectivity index is 1.68. The van der Waals surface area contributed by atoms with Crippen LogP contribution in [0.5, 0.6) is 0 Å². The highest BCUT2D eigenvalue weighted by molar-refractivity contribution is 5.52. The molecule has 0 atom stereocenters. The van der Waals surface area contributed by atoms with Gasteiger partial charge in [-0.25, -0.2) is 9.67 Å². The maximum Gasteiger partial charge on any atom is 0.421 e. The van der Waals surface area contributed by atoms with Gasteiger partial charge in [0.05, 0.1) is 18.4 Å². The van der Waals surface area contributed by atoms with Crippen LogP contribution in [0.25, 0.3) is 0 Å². The molecule has 0 saturated heterocycles. The number of hydrogen-bond acceptors (Lipinski definition) is 8. The number of anilines is 3. The quantitative estimate of drug-likeness (QED) is 0.598. The van der Waals surface area contributed by atoms with Crippen molar-refractivity contribution in [3.8, 4) is 0 Å². The Morgan fingerprint density at radius 3 is 2.43 bits per heavy atom. The molecule has 3 aromatic heterocycles. The van der Waals surface area contributed by atoms with E-state index < -0.39 is 17.3 Å². The third-order valence-corrected chi connectivity index (χ3v) is 4.65. The zero-order chi connectivity index (χ0) is 21.5. The first-order valence-electron chi connectivity index (χ1n) is 9.49. The smallest absolute Gasteiger partial charge is 0.370 e. The Hall–Kier alpha value is -3.25. The minimum Gasteiger partial charge on any atom is -0.370 e. The number of hydrogen-bond donors (Lipinski definition) is 2. The van der Waals surface area contributed by atoms with Crippen LogP contribution in [0.3, 0.4) is 0 Å². The molecule has 0 aliphatic heterocycles. The highest BCUT2D eigenvalue weighted by Gasteiger charge is 2.37. The van der Waals surface area contributed by atoms with Crippen molar-refractivity contribution in [2.24, 2.45) is 0 Å². The van der Waals surface area contributed by atoms with Gasteiger partial charge >= 0.3 is 6.18 Å². The second-order valence-electron chi connectivity index (χ2n) is 7.42. The van der Waals surface area contributed by atoms with Gasteiger partial charge in [0.25, 0.3) is 0 Å². The maximum absolute atomic E-state index is 13.2. The van der Waals surface area contributed by atoms with Crippen LogP contribution in [0.2, 0.25) is 0 Å². The van der Waals surface area contributed by atoms with Gasteiger partial charge in [-0.2, -0.15) is 43.2 Å². The highest BCUT2D eigenvalue weighted by atomic mass is 19.4. The lowest BCUT2D eigenvalue weighted by Crippen LogP contribution is -2.31. The van der Waals surface area contributed by atoms with Gasteiger partial charge in [-0.3, -0.25) is 5.32 Å². The predicted octanol–water partition coefficient (Wildman–Crippen LogP) is 2.97. The molecule has 1 aliphatic rings. The van der Waals surface area contributed by atoms with Crippen LogP contribution in [0.1, 0.15) is 51.0 Å². The predicted molar refractivity (Wildman–Crippen MR) is 101 cm³/mol. The molecule has 1 saturated carbocycles. The van der Waals surface area contributed by atoms with Gasteiger partial charge in [-0.1, -0.05) is 0 Å². The normalized spacial score (nSPS) is 14.7. The highest BCUT2D eigenvalue weighted by Crippen LogP contribution is 2.38. The maximum atomic E-state index is 13.2. The summed E-state index contributed by atoms with van der Waals surface area (Å²) in [4.78, 5) is 13.9. The molecule has 1 aliphatic carbocycles. The van der Waals surface area contributed by atoms with Gasteiger partial charge in [0, 0.05) is 12.7 Å². The third-order valence-electron chi connectivity index (χ3n) is 4.65. The van der Waals surface area contributed by atoms with Gasteiger partial charge in [-0.15, -0.1) is 0 Å². The monoisotopic (exact) mass is 422 g/mol. The van der Waals surface area contributed by atoms with Crippen molar-refractivity contribution in [3.05, 3.63) is 30.0 Å². The molecule has 0 amide bonds. The van der Waals surface area contributed by atoms with Crippen molar-refractivity contribution in [1.29, 1.82) is 0 Å². The van der Waals surface area contributed by atoms with Crippen LogP contribution in [-0.4, -0.2) is 46.3 Å². The topological polar surface area (TPSA) is 111 Å². The SMILES string of the molecule is CCNc1nc(Nc2nc(C(C)(C)n3nccn3)nn2C2CC2)ncc1C(F)(F)F. The molecule has 4 rings (SSSR count). The van der Waals surface area contributed by atoms with E-state index in [1.165, 1.54) is 4.80 Å². The molecular weight excluding hydrogens is 401 g/mol. The fraction of sp³-hybridized carbons (Fsp3) is 0.529. The van der Waals surface area contributed by atoms with E-state index in [-0.39, 0.29) is 24.4 Å². The number of aromatic nitrogens is 8. The van der Waals surface area contributed by atoms with Crippen LogP contribution in [-0.2, 0) is 11.7 Å². The summed E-state index contributed by atoms with van der Waals surface area (Å²) in [5.41, 5.74) is -1.65. The minimum atomic E-state index is -4.56. The average Bonchev–Trinajstić information content (AvgIpc) is 3.18. The van der Waals surface area contributed by atoms with Crippen molar-refractivity contribution in [2.45, 2.75) is 51.4 Å². The summed E-state index contributed by atoms with van der Waals surface area (Å²) in [6, 6.07) is 0.165. The standard InChI is InChI=1S/C17H21F3N10/c1-4-21-12-11(17(18,19)20)9-22-14(25-12)27-15-26-13(28-29(15)10-5-6-10)16(2,3)30-23-7-8-24-30/h7-10H,4-6H2,1-3H3,(H2,21,22,25,26,27,28). The molecule has 3 heterocycles. The van der Waals surface area contributed by atoms with Gasteiger partial charge in [-0.05, 0) is 33.6 Å². The van der Waals surface area contributed by atoms with Crippen molar-refractivity contribution >= 4 is 17.7 Å².